The summed E-state index contributed by atoms with van der Waals surface area (Å²) in [6.45, 7) is 0. The topological polar surface area (TPSA) is 53.5 Å². The average Bonchev–Trinajstić information content (AvgIpc) is 2.27. The first-order chi connectivity index (χ1) is 4.86. The number of hydrogen-bond acceptors (Lipinski definition) is 2. The first-order valence-electron chi connectivity index (χ1n) is 3.13. The van der Waals surface area contributed by atoms with Gasteiger partial charge in [0.1, 0.15) is 6.17 Å². The van der Waals surface area contributed by atoms with Gasteiger partial charge in [0.05, 0.1) is 6.04 Å². The predicted octanol–water partition coefficient (Wildman–Crippen LogP) is -0.366. The van der Waals surface area contributed by atoms with E-state index in [1.165, 1.54) is 0 Å². The molecule has 2 heterocycles. The maximum atomic E-state index is 10.7. The molecule has 0 aliphatic carbocycles. The number of rotatable bonds is 0. The largest absolute Gasteiger partial charge is 0.328 e. The summed E-state index contributed by atoms with van der Waals surface area (Å²) in [5.74, 6) is 0. The maximum Gasteiger partial charge on any atom is 0.317 e. The highest BCUT2D eigenvalue weighted by atomic mass is 16.2. The van der Waals surface area contributed by atoms with Gasteiger partial charge in [0.25, 0.3) is 0 Å². The minimum atomic E-state index is -0.140. The molecule has 52 valence electrons. The Morgan fingerprint density at radius 1 is 1.50 bits per heavy atom. The summed E-state index contributed by atoms with van der Waals surface area (Å²) in [4.78, 5) is 14.7. The Morgan fingerprint density at radius 2 is 2.40 bits per heavy atom. The Balaban J connectivity index is 2.22. The van der Waals surface area contributed by atoms with Gasteiger partial charge in [0.2, 0.25) is 0 Å². The second-order valence-corrected chi connectivity index (χ2v) is 2.27. The lowest BCUT2D eigenvalue weighted by Gasteiger charge is -2.11. The van der Waals surface area contributed by atoms with E-state index in [-0.39, 0.29) is 18.2 Å². The summed E-state index contributed by atoms with van der Waals surface area (Å²) < 4.78 is 0. The lowest BCUT2D eigenvalue weighted by atomic mass is 10.2. The van der Waals surface area contributed by atoms with Gasteiger partial charge in [0.15, 0.2) is 0 Å². The molecular weight excluding hydrogens is 130 g/mol. The number of hydrogen-bond donors (Lipinski definition) is 2. The molecule has 0 spiro atoms. The van der Waals surface area contributed by atoms with Crippen molar-refractivity contribution >= 4 is 12.2 Å². The van der Waals surface area contributed by atoms with Crippen LogP contribution < -0.4 is 10.6 Å². The van der Waals surface area contributed by atoms with Gasteiger partial charge >= 0.3 is 6.03 Å². The van der Waals surface area contributed by atoms with Crippen molar-refractivity contribution in [1.82, 2.24) is 10.6 Å². The first-order valence-corrected chi connectivity index (χ1v) is 3.13. The zero-order chi connectivity index (χ0) is 6.97. The number of nitrogens with one attached hydrogen (secondary N) is 2. The highest BCUT2D eigenvalue weighted by Gasteiger charge is 2.29. The smallest absolute Gasteiger partial charge is 0.317 e. The van der Waals surface area contributed by atoms with Gasteiger partial charge in [0, 0.05) is 6.21 Å². The van der Waals surface area contributed by atoms with Crippen molar-refractivity contribution in [1.29, 1.82) is 0 Å². The zero-order valence-electron chi connectivity index (χ0n) is 5.24. The van der Waals surface area contributed by atoms with Crippen LogP contribution in [0.4, 0.5) is 4.79 Å². The van der Waals surface area contributed by atoms with Gasteiger partial charge in [-0.05, 0) is 6.08 Å². The van der Waals surface area contributed by atoms with Crippen molar-refractivity contribution in [2.24, 2.45) is 4.99 Å². The summed E-state index contributed by atoms with van der Waals surface area (Å²) in [6.07, 6.45) is 5.34. The normalized spacial score (nSPS) is 35.0. The average molecular weight is 137 g/mol. The quantitative estimate of drug-likeness (QED) is 0.470. The van der Waals surface area contributed by atoms with Gasteiger partial charge in [-0.25, -0.2) is 4.79 Å². The Labute approximate surface area is 58.0 Å². The monoisotopic (exact) mass is 137 g/mol. The number of allylic oxidation sites excluding steroid dienone is 1. The van der Waals surface area contributed by atoms with E-state index in [9.17, 15) is 4.79 Å². The number of urea groups is 1. The highest BCUT2D eigenvalue weighted by molar-refractivity contribution is 5.81. The Kier molecular flexibility index (Phi) is 1.00. The van der Waals surface area contributed by atoms with E-state index >= 15 is 0 Å². The van der Waals surface area contributed by atoms with Crippen molar-refractivity contribution < 1.29 is 4.79 Å². The molecular formula is C6H7N3O. The van der Waals surface area contributed by atoms with E-state index in [0.717, 1.165) is 0 Å². The molecule has 0 aromatic carbocycles. The number of fused-ring (bicyclic) bond motifs is 1. The van der Waals surface area contributed by atoms with E-state index in [0.29, 0.717) is 0 Å². The molecule has 0 radical (unpaired) electrons. The van der Waals surface area contributed by atoms with E-state index in [1.54, 1.807) is 6.21 Å². The molecule has 2 atom stereocenters. The van der Waals surface area contributed by atoms with Gasteiger partial charge in [-0.1, -0.05) is 6.08 Å². The standard InChI is InChI=1S/C6H7N3O/c10-6-8-4-2-1-3-7-5(4)9-6/h1-5H,(H2,8,9,10). The van der Waals surface area contributed by atoms with Crippen LogP contribution in [-0.4, -0.2) is 24.5 Å². The van der Waals surface area contributed by atoms with Crippen molar-refractivity contribution in [3.8, 4) is 0 Å². The molecule has 2 rings (SSSR count). The number of carbonyl (C=O) groups is 1. The molecule has 2 amide bonds. The number of aliphatic imine (C=N–C) groups is 1. The van der Waals surface area contributed by atoms with Crippen LogP contribution in [0.15, 0.2) is 17.1 Å². The molecule has 4 heteroatoms. The minimum Gasteiger partial charge on any atom is -0.328 e. The lowest BCUT2D eigenvalue weighted by molar-refractivity contribution is 0.247. The van der Waals surface area contributed by atoms with Crippen LogP contribution in [0.1, 0.15) is 0 Å². The lowest BCUT2D eigenvalue weighted by Crippen LogP contribution is -2.31. The summed E-state index contributed by atoms with van der Waals surface area (Å²) in [6, 6.07) is -0.0869. The van der Waals surface area contributed by atoms with Crippen LogP contribution in [-0.2, 0) is 0 Å². The Bertz CT molecular complexity index is 199. The van der Waals surface area contributed by atoms with E-state index in [4.69, 9.17) is 0 Å². The molecule has 1 fully saturated rings. The number of carbonyl (C=O) groups excluding carboxylic acids is 1. The fraction of sp³-hybridized carbons (Fsp3) is 0.333. The fourth-order valence-electron chi connectivity index (χ4n) is 1.09. The van der Waals surface area contributed by atoms with Crippen LogP contribution >= 0.6 is 0 Å². The molecule has 0 aromatic heterocycles. The summed E-state index contributed by atoms with van der Waals surface area (Å²) in [5.41, 5.74) is 0. The third kappa shape index (κ3) is 0.689. The van der Waals surface area contributed by atoms with Crippen LogP contribution in [0, 0.1) is 0 Å². The third-order valence-corrected chi connectivity index (χ3v) is 1.57. The van der Waals surface area contributed by atoms with Crippen LogP contribution in [0.5, 0.6) is 0 Å². The Hall–Kier alpha value is -1.32. The van der Waals surface area contributed by atoms with Crippen LogP contribution in [0.25, 0.3) is 0 Å². The second-order valence-electron chi connectivity index (χ2n) is 2.27. The predicted molar refractivity (Wildman–Crippen MR) is 36.9 cm³/mol. The van der Waals surface area contributed by atoms with Crippen molar-refractivity contribution in [2.75, 3.05) is 0 Å². The van der Waals surface area contributed by atoms with Crippen LogP contribution in [0.2, 0.25) is 0 Å². The maximum absolute atomic E-state index is 10.7. The number of dihydropyridines is 1. The molecule has 1 saturated heterocycles. The van der Waals surface area contributed by atoms with Crippen molar-refractivity contribution in [2.45, 2.75) is 12.2 Å². The fourth-order valence-corrected chi connectivity index (χ4v) is 1.09. The number of amides is 2. The molecule has 0 bridgehead atoms. The van der Waals surface area contributed by atoms with Gasteiger partial charge < -0.3 is 10.6 Å². The van der Waals surface area contributed by atoms with Gasteiger partial charge in [-0.3, -0.25) is 4.99 Å². The van der Waals surface area contributed by atoms with E-state index in [1.807, 2.05) is 12.2 Å². The molecule has 0 aromatic rings. The molecule has 2 aliphatic rings. The Morgan fingerprint density at radius 3 is 3.20 bits per heavy atom. The molecule has 10 heavy (non-hydrogen) atoms. The van der Waals surface area contributed by atoms with Gasteiger partial charge in [-0.15, -0.1) is 0 Å². The molecule has 2 unspecified atom stereocenters. The van der Waals surface area contributed by atoms with E-state index < -0.39 is 0 Å². The summed E-state index contributed by atoms with van der Waals surface area (Å²) in [5, 5.41) is 5.36. The van der Waals surface area contributed by atoms with Gasteiger partial charge in [-0.2, -0.15) is 0 Å². The third-order valence-electron chi connectivity index (χ3n) is 1.57. The molecule has 2 aliphatic heterocycles. The summed E-state index contributed by atoms with van der Waals surface area (Å²) in [7, 11) is 0. The molecule has 0 saturated carbocycles. The molecule has 2 N–H and O–H groups in total. The first kappa shape index (κ1) is 5.46. The second kappa shape index (κ2) is 1.83. The molecule has 4 nitrogen and oxygen atoms in total. The SMILES string of the molecule is O=C1NC2C=CC=NC2N1. The van der Waals surface area contributed by atoms with Crippen molar-refractivity contribution in [3.05, 3.63) is 12.2 Å². The highest BCUT2D eigenvalue weighted by Crippen LogP contribution is 2.06. The van der Waals surface area contributed by atoms with E-state index in [2.05, 4.69) is 15.6 Å². The van der Waals surface area contributed by atoms with Crippen LogP contribution in [0.3, 0.4) is 0 Å². The number of nitrogens with zero attached hydrogens (tertiary/aromatic N) is 1. The summed E-state index contributed by atoms with van der Waals surface area (Å²) >= 11 is 0. The minimum absolute atomic E-state index is 0.0532. The van der Waals surface area contributed by atoms with Crippen molar-refractivity contribution in [3.63, 3.8) is 0 Å². The zero-order valence-corrected chi connectivity index (χ0v) is 5.24.